The second-order valence-electron chi connectivity index (χ2n) is 6.28. The highest BCUT2D eigenvalue weighted by Crippen LogP contribution is 2.36. The van der Waals surface area contributed by atoms with Crippen molar-refractivity contribution in [1.82, 2.24) is 10.3 Å². The number of rotatable bonds is 4. The van der Waals surface area contributed by atoms with Crippen LogP contribution in [0.25, 0.3) is 10.9 Å². The van der Waals surface area contributed by atoms with Crippen LogP contribution in [0.4, 0.5) is 0 Å². The zero-order valence-corrected chi connectivity index (χ0v) is 12.5. The van der Waals surface area contributed by atoms with E-state index in [-0.39, 0.29) is 17.4 Å². The minimum absolute atomic E-state index is 0.00871. The van der Waals surface area contributed by atoms with Crippen LogP contribution in [-0.4, -0.2) is 23.5 Å². The molecule has 1 saturated carbocycles. The van der Waals surface area contributed by atoms with E-state index in [0.717, 1.165) is 31.2 Å². The zero-order valence-electron chi connectivity index (χ0n) is 12.5. The number of aromatic nitrogens is 1. The number of nitrogens with two attached hydrogens (primary N) is 1. The number of H-pyrrole nitrogens is 1. The number of nitrogens with one attached hydrogen (secondary N) is 2. The fourth-order valence-corrected chi connectivity index (χ4v) is 3.33. The summed E-state index contributed by atoms with van der Waals surface area (Å²) in [6, 6.07) is 8.22. The molecule has 21 heavy (non-hydrogen) atoms. The van der Waals surface area contributed by atoms with Gasteiger partial charge in [-0.2, -0.15) is 0 Å². The number of para-hydroxylation sites is 1. The SMILES string of the molecule is CC1(C(=O)NCCc2c[nH]c3ccccc23)CCCC1N. The quantitative estimate of drug-likeness (QED) is 0.807. The molecule has 3 rings (SSSR count). The van der Waals surface area contributed by atoms with Gasteiger partial charge < -0.3 is 16.0 Å². The van der Waals surface area contributed by atoms with Gasteiger partial charge in [0.2, 0.25) is 5.91 Å². The Kier molecular flexibility index (Phi) is 3.72. The summed E-state index contributed by atoms with van der Waals surface area (Å²) in [5.41, 5.74) is 8.08. The van der Waals surface area contributed by atoms with Gasteiger partial charge in [-0.05, 0) is 37.8 Å². The predicted octanol–water partition coefficient (Wildman–Crippen LogP) is 2.34. The van der Waals surface area contributed by atoms with Crippen molar-refractivity contribution in [2.24, 2.45) is 11.1 Å². The molecule has 1 aromatic carbocycles. The van der Waals surface area contributed by atoms with E-state index < -0.39 is 0 Å². The van der Waals surface area contributed by atoms with Crippen molar-refractivity contribution in [3.05, 3.63) is 36.0 Å². The van der Waals surface area contributed by atoms with Gasteiger partial charge in [0, 0.05) is 29.7 Å². The molecule has 1 amide bonds. The first kappa shape index (κ1) is 14.1. The Morgan fingerprint density at radius 1 is 1.48 bits per heavy atom. The Balaban J connectivity index is 1.60. The number of benzene rings is 1. The molecule has 0 saturated heterocycles. The lowest BCUT2D eigenvalue weighted by Gasteiger charge is -2.27. The first-order valence-corrected chi connectivity index (χ1v) is 7.70. The van der Waals surface area contributed by atoms with E-state index in [1.54, 1.807) is 0 Å². The maximum Gasteiger partial charge on any atom is 0.227 e. The molecule has 0 spiro atoms. The van der Waals surface area contributed by atoms with E-state index in [4.69, 9.17) is 5.73 Å². The molecule has 4 nitrogen and oxygen atoms in total. The molecule has 112 valence electrons. The normalized spacial score (nSPS) is 25.3. The minimum Gasteiger partial charge on any atom is -0.361 e. The molecule has 2 atom stereocenters. The highest BCUT2D eigenvalue weighted by Gasteiger charge is 2.42. The van der Waals surface area contributed by atoms with E-state index >= 15 is 0 Å². The van der Waals surface area contributed by atoms with Crippen LogP contribution in [0.15, 0.2) is 30.5 Å². The molecule has 4 heteroatoms. The molecule has 1 fully saturated rings. The van der Waals surface area contributed by atoms with Gasteiger partial charge in [-0.25, -0.2) is 0 Å². The van der Waals surface area contributed by atoms with Gasteiger partial charge in [0.15, 0.2) is 0 Å². The molecule has 2 unspecified atom stereocenters. The van der Waals surface area contributed by atoms with Crippen molar-refractivity contribution in [2.75, 3.05) is 6.54 Å². The van der Waals surface area contributed by atoms with Crippen molar-refractivity contribution >= 4 is 16.8 Å². The Morgan fingerprint density at radius 2 is 2.29 bits per heavy atom. The van der Waals surface area contributed by atoms with Crippen LogP contribution in [0, 0.1) is 5.41 Å². The summed E-state index contributed by atoms with van der Waals surface area (Å²) in [5, 5.41) is 4.30. The monoisotopic (exact) mass is 285 g/mol. The van der Waals surface area contributed by atoms with Crippen LogP contribution < -0.4 is 11.1 Å². The second kappa shape index (κ2) is 5.53. The highest BCUT2D eigenvalue weighted by atomic mass is 16.2. The van der Waals surface area contributed by atoms with E-state index in [1.807, 2.05) is 25.3 Å². The van der Waals surface area contributed by atoms with Crippen LogP contribution in [0.2, 0.25) is 0 Å². The van der Waals surface area contributed by atoms with Crippen molar-refractivity contribution in [1.29, 1.82) is 0 Å². The van der Waals surface area contributed by atoms with E-state index in [9.17, 15) is 4.79 Å². The van der Waals surface area contributed by atoms with Gasteiger partial charge in [-0.3, -0.25) is 4.79 Å². The summed E-state index contributed by atoms with van der Waals surface area (Å²) in [5.74, 6) is 0.104. The number of fused-ring (bicyclic) bond motifs is 1. The van der Waals surface area contributed by atoms with Gasteiger partial charge in [0.1, 0.15) is 0 Å². The van der Waals surface area contributed by atoms with Crippen LogP contribution in [0.3, 0.4) is 0 Å². The summed E-state index contributed by atoms with van der Waals surface area (Å²) < 4.78 is 0. The predicted molar refractivity (Wildman–Crippen MR) is 84.9 cm³/mol. The van der Waals surface area contributed by atoms with Crippen LogP contribution in [-0.2, 0) is 11.2 Å². The lowest BCUT2D eigenvalue weighted by Crippen LogP contribution is -2.47. The van der Waals surface area contributed by atoms with E-state index in [1.165, 1.54) is 10.9 Å². The van der Waals surface area contributed by atoms with E-state index in [0.29, 0.717) is 6.54 Å². The lowest BCUT2D eigenvalue weighted by molar-refractivity contribution is -0.130. The van der Waals surface area contributed by atoms with Crippen LogP contribution in [0.5, 0.6) is 0 Å². The van der Waals surface area contributed by atoms with Gasteiger partial charge >= 0.3 is 0 Å². The molecular weight excluding hydrogens is 262 g/mol. The number of carbonyl (C=O) groups is 1. The third kappa shape index (κ3) is 2.56. The van der Waals surface area contributed by atoms with Crippen LogP contribution >= 0.6 is 0 Å². The molecular formula is C17H23N3O. The third-order valence-electron chi connectivity index (χ3n) is 4.90. The smallest absolute Gasteiger partial charge is 0.227 e. The van der Waals surface area contributed by atoms with Gasteiger partial charge in [0.25, 0.3) is 0 Å². The maximum absolute atomic E-state index is 12.4. The Hall–Kier alpha value is -1.81. The molecule has 1 aliphatic carbocycles. The molecule has 0 bridgehead atoms. The molecule has 0 aliphatic heterocycles. The first-order valence-electron chi connectivity index (χ1n) is 7.70. The minimum atomic E-state index is -0.389. The summed E-state index contributed by atoms with van der Waals surface area (Å²) in [7, 11) is 0. The number of hydrogen-bond acceptors (Lipinski definition) is 2. The number of aromatic amines is 1. The average Bonchev–Trinajstić information content (AvgIpc) is 3.05. The Morgan fingerprint density at radius 3 is 3.05 bits per heavy atom. The first-order chi connectivity index (χ1) is 10.1. The van der Waals surface area contributed by atoms with Gasteiger partial charge in [0.05, 0.1) is 5.41 Å². The standard InChI is InChI=1S/C17H23N3O/c1-17(9-4-7-15(17)18)16(21)19-10-8-12-11-20-14-6-3-2-5-13(12)14/h2-3,5-6,11,15,20H,4,7-10,18H2,1H3,(H,19,21). The third-order valence-corrected chi connectivity index (χ3v) is 4.90. The number of hydrogen-bond donors (Lipinski definition) is 3. The fourth-order valence-electron chi connectivity index (χ4n) is 3.33. The Bertz CT molecular complexity index is 648. The second-order valence-corrected chi connectivity index (χ2v) is 6.28. The summed E-state index contributed by atoms with van der Waals surface area (Å²) in [6.07, 6.45) is 5.76. The summed E-state index contributed by atoms with van der Waals surface area (Å²) in [4.78, 5) is 15.6. The topological polar surface area (TPSA) is 70.9 Å². The summed E-state index contributed by atoms with van der Waals surface area (Å²) in [6.45, 7) is 2.65. The molecule has 1 aromatic heterocycles. The Labute approximate surface area is 125 Å². The van der Waals surface area contributed by atoms with Crippen molar-refractivity contribution in [2.45, 2.75) is 38.6 Å². The lowest BCUT2D eigenvalue weighted by atomic mass is 9.84. The fraction of sp³-hybridized carbons (Fsp3) is 0.471. The maximum atomic E-state index is 12.4. The summed E-state index contributed by atoms with van der Waals surface area (Å²) >= 11 is 0. The molecule has 4 N–H and O–H groups in total. The molecule has 1 aliphatic rings. The van der Waals surface area contributed by atoms with Crippen molar-refractivity contribution < 1.29 is 4.79 Å². The van der Waals surface area contributed by atoms with Gasteiger partial charge in [-0.15, -0.1) is 0 Å². The van der Waals surface area contributed by atoms with Crippen molar-refractivity contribution in [3.63, 3.8) is 0 Å². The zero-order chi connectivity index (χ0) is 14.9. The molecule has 1 heterocycles. The van der Waals surface area contributed by atoms with Gasteiger partial charge in [-0.1, -0.05) is 24.6 Å². The number of amides is 1. The highest BCUT2D eigenvalue weighted by molar-refractivity contribution is 5.84. The largest absolute Gasteiger partial charge is 0.361 e. The average molecular weight is 285 g/mol. The molecule has 2 aromatic rings. The van der Waals surface area contributed by atoms with Crippen LogP contribution in [0.1, 0.15) is 31.7 Å². The van der Waals surface area contributed by atoms with Crippen molar-refractivity contribution in [3.8, 4) is 0 Å². The number of carbonyl (C=O) groups excluding carboxylic acids is 1. The van der Waals surface area contributed by atoms with E-state index in [2.05, 4.69) is 22.4 Å². The molecule has 0 radical (unpaired) electrons.